The number of anilines is 1. The first-order valence-electron chi connectivity index (χ1n) is 10.3. The molecule has 0 aliphatic carbocycles. The third kappa shape index (κ3) is 9.93. The summed E-state index contributed by atoms with van der Waals surface area (Å²) in [6.07, 6.45) is 1.11. The van der Waals surface area contributed by atoms with E-state index in [1.165, 1.54) is 0 Å². The first-order valence-corrected chi connectivity index (χ1v) is 12.4. The Morgan fingerprint density at radius 1 is 1.00 bits per heavy atom. The monoisotopic (exact) mass is 461 g/mol. The molecule has 0 heterocycles. The van der Waals surface area contributed by atoms with Gasteiger partial charge in [0.25, 0.3) is 0 Å². The maximum absolute atomic E-state index is 12.8. The number of nitrogens with one attached hydrogen (secondary N) is 2. The number of amides is 2. The zero-order valence-electron chi connectivity index (χ0n) is 18.7. The number of alkyl carbamates (subject to hydrolysis) is 1. The van der Waals surface area contributed by atoms with Crippen molar-refractivity contribution in [3.63, 3.8) is 0 Å². The summed E-state index contributed by atoms with van der Waals surface area (Å²) in [5.41, 5.74) is 2.49. The Balaban J connectivity index is 1.98. The zero-order chi connectivity index (χ0) is 23.6. The second kappa shape index (κ2) is 12.2. The van der Waals surface area contributed by atoms with E-state index in [-0.39, 0.29) is 18.8 Å². The smallest absolute Gasteiger partial charge is 0.408 e. The van der Waals surface area contributed by atoms with Crippen LogP contribution in [-0.2, 0) is 32.4 Å². The number of likely N-dealkylation sites (N-methyl/N-ethyl adjacent to an activating group) is 1. The van der Waals surface area contributed by atoms with Crippen LogP contribution in [0.2, 0.25) is 0 Å². The average molecular weight is 462 g/mol. The minimum absolute atomic E-state index is 0.0432. The average Bonchev–Trinajstić information content (AvgIpc) is 2.74. The highest BCUT2D eigenvalue weighted by atomic mass is 32.2. The van der Waals surface area contributed by atoms with Gasteiger partial charge in [-0.1, -0.05) is 42.5 Å². The quantitative estimate of drug-likeness (QED) is 0.533. The summed E-state index contributed by atoms with van der Waals surface area (Å²) in [5.74, 6) is -0.751. The fourth-order valence-corrected chi connectivity index (χ4v) is 3.51. The highest BCUT2D eigenvalue weighted by Crippen LogP contribution is 2.12. The van der Waals surface area contributed by atoms with Gasteiger partial charge >= 0.3 is 6.09 Å². The molecule has 0 aromatic heterocycles. The van der Waals surface area contributed by atoms with Gasteiger partial charge in [-0.15, -0.1) is 0 Å². The molecule has 2 rings (SSSR count). The van der Waals surface area contributed by atoms with Crippen LogP contribution in [0.4, 0.5) is 10.5 Å². The molecule has 0 bridgehead atoms. The zero-order valence-corrected chi connectivity index (χ0v) is 19.5. The van der Waals surface area contributed by atoms with Gasteiger partial charge in [-0.3, -0.25) is 4.79 Å². The van der Waals surface area contributed by atoms with Crippen molar-refractivity contribution in [1.82, 2.24) is 10.2 Å². The van der Waals surface area contributed by atoms with Crippen LogP contribution in [0.25, 0.3) is 0 Å². The van der Waals surface area contributed by atoms with E-state index < -0.39 is 27.9 Å². The molecule has 0 saturated carbocycles. The molecule has 0 aliphatic rings. The summed E-state index contributed by atoms with van der Waals surface area (Å²) < 4.78 is 28.3. The van der Waals surface area contributed by atoms with Crippen LogP contribution < -0.4 is 10.6 Å². The molecule has 9 heteroatoms. The van der Waals surface area contributed by atoms with E-state index in [9.17, 15) is 18.0 Å². The van der Waals surface area contributed by atoms with Crippen molar-refractivity contribution in [3.8, 4) is 0 Å². The Morgan fingerprint density at radius 3 is 2.25 bits per heavy atom. The largest absolute Gasteiger partial charge is 0.445 e. The molecule has 0 saturated heterocycles. The topological polar surface area (TPSA) is 105 Å². The predicted molar refractivity (Wildman–Crippen MR) is 125 cm³/mol. The van der Waals surface area contributed by atoms with Crippen LogP contribution in [-0.4, -0.2) is 64.0 Å². The molecule has 0 spiro atoms. The van der Waals surface area contributed by atoms with Crippen molar-refractivity contribution in [2.45, 2.75) is 25.5 Å². The van der Waals surface area contributed by atoms with Gasteiger partial charge in [-0.2, -0.15) is 0 Å². The first-order chi connectivity index (χ1) is 15.1. The van der Waals surface area contributed by atoms with Crippen LogP contribution in [0.1, 0.15) is 17.5 Å². The summed E-state index contributed by atoms with van der Waals surface area (Å²) in [6, 6.07) is 15.5. The minimum Gasteiger partial charge on any atom is -0.445 e. The Hall–Kier alpha value is -2.91. The molecule has 1 atom stereocenters. The third-order valence-electron chi connectivity index (χ3n) is 4.67. The fourth-order valence-electron chi connectivity index (χ4n) is 2.84. The molecule has 32 heavy (non-hydrogen) atoms. The van der Waals surface area contributed by atoms with Gasteiger partial charge < -0.3 is 20.3 Å². The van der Waals surface area contributed by atoms with E-state index in [2.05, 4.69) is 15.5 Å². The number of carbonyl (C=O) groups excluding carboxylic acids is 2. The van der Waals surface area contributed by atoms with Crippen molar-refractivity contribution < 1.29 is 22.7 Å². The lowest BCUT2D eigenvalue weighted by Crippen LogP contribution is -2.45. The number of rotatable bonds is 11. The molecule has 2 aromatic carbocycles. The van der Waals surface area contributed by atoms with Gasteiger partial charge in [-0.05, 0) is 50.2 Å². The third-order valence-corrected chi connectivity index (χ3v) is 5.65. The Morgan fingerprint density at radius 2 is 1.66 bits per heavy atom. The molecule has 2 N–H and O–H groups in total. The van der Waals surface area contributed by atoms with Crippen molar-refractivity contribution in [2.75, 3.05) is 38.0 Å². The van der Waals surface area contributed by atoms with Crippen molar-refractivity contribution in [1.29, 1.82) is 0 Å². The number of hydrogen-bond donors (Lipinski definition) is 2. The Kier molecular flexibility index (Phi) is 9.67. The molecule has 0 aliphatic heterocycles. The van der Waals surface area contributed by atoms with Gasteiger partial charge in [-0.25, -0.2) is 13.2 Å². The van der Waals surface area contributed by atoms with Crippen molar-refractivity contribution in [2.24, 2.45) is 0 Å². The predicted octanol–water partition coefficient (Wildman–Crippen LogP) is 2.46. The second-order valence-electron chi connectivity index (χ2n) is 7.92. The van der Waals surface area contributed by atoms with Crippen LogP contribution in [0.3, 0.4) is 0 Å². The van der Waals surface area contributed by atoms with Gasteiger partial charge in [0.2, 0.25) is 5.91 Å². The Labute approximate surface area is 189 Å². The number of hydrogen-bond acceptors (Lipinski definition) is 6. The normalized spacial score (nSPS) is 12.2. The van der Waals surface area contributed by atoms with Crippen LogP contribution in [0.5, 0.6) is 0 Å². The number of carbonyl (C=O) groups is 2. The lowest BCUT2D eigenvalue weighted by molar-refractivity contribution is -0.118. The van der Waals surface area contributed by atoms with Crippen molar-refractivity contribution in [3.05, 3.63) is 65.7 Å². The lowest BCUT2D eigenvalue weighted by Gasteiger charge is -2.18. The summed E-state index contributed by atoms with van der Waals surface area (Å²) in [7, 11) is 0.694. The van der Waals surface area contributed by atoms with Crippen LogP contribution in [0, 0.1) is 0 Å². The van der Waals surface area contributed by atoms with Crippen LogP contribution >= 0.6 is 0 Å². The minimum atomic E-state index is -3.31. The molecular formula is C23H31N3O5S. The molecule has 2 aromatic rings. The molecule has 174 valence electrons. The molecule has 1 unspecified atom stereocenters. The molecule has 0 fully saturated rings. The molecule has 0 radical (unpaired) electrons. The van der Waals surface area contributed by atoms with Gasteiger partial charge in [0.15, 0.2) is 0 Å². The number of benzene rings is 2. The lowest BCUT2D eigenvalue weighted by atomic mass is 10.1. The maximum atomic E-state index is 12.8. The van der Waals surface area contributed by atoms with E-state index in [1.807, 2.05) is 56.6 Å². The summed E-state index contributed by atoms with van der Waals surface area (Å²) >= 11 is 0. The number of nitrogens with zero attached hydrogens (tertiary/aromatic N) is 1. The summed E-state index contributed by atoms with van der Waals surface area (Å²) in [4.78, 5) is 27.1. The van der Waals surface area contributed by atoms with E-state index >= 15 is 0 Å². The SMILES string of the molecule is CN(C)CCc1ccc(NC(=O)C(CCS(C)(=O)=O)NC(=O)OCc2ccccc2)cc1. The fraction of sp³-hybridized carbons (Fsp3) is 0.391. The van der Waals surface area contributed by atoms with Gasteiger partial charge in [0, 0.05) is 18.5 Å². The summed E-state index contributed by atoms with van der Waals surface area (Å²) in [6.45, 7) is 0.954. The van der Waals surface area contributed by atoms with E-state index in [0.717, 1.165) is 30.3 Å². The van der Waals surface area contributed by atoms with E-state index in [0.29, 0.717) is 5.69 Å². The first kappa shape index (κ1) is 25.4. The van der Waals surface area contributed by atoms with E-state index in [4.69, 9.17) is 4.74 Å². The number of ether oxygens (including phenoxy) is 1. The van der Waals surface area contributed by atoms with Crippen molar-refractivity contribution >= 4 is 27.5 Å². The highest BCUT2D eigenvalue weighted by Gasteiger charge is 2.23. The Bertz CT molecular complexity index is 976. The standard InChI is InChI=1S/C23H31N3O5S/c1-26(2)15-13-18-9-11-20(12-10-18)24-22(27)21(14-16-32(3,29)30)25-23(28)31-17-19-7-5-4-6-8-19/h4-12,21H,13-17H2,1-3H3,(H,24,27)(H,25,28). The number of sulfone groups is 1. The van der Waals surface area contributed by atoms with Gasteiger partial charge in [0.1, 0.15) is 22.5 Å². The van der Waals surface area contributed by atoms with Crippen LogP contribution in [0.15, 0.2) is 54.6 Å². The van der Waals surface area contributed by atoms with Gasteiger partial charge in [0.05, 0.1) is 5.75 Å². The molecule has 2 amide bonds. The molecular weight excluding hydrogens is 430 g/mol. The molecule has 8 nitrogen and oxygen atoms in total. The highest BCUT2D eigenvalue weighted by molar-refractivity contribution is 7.90. The summed E-state index contributed by atoms with van der Waals surface area (Å²) in [5, 5.41) is 5.22. The second-order valence-corrected chi connectivity index (χ2v) is 10.2. The van der Waals surface area contributed by atoms with E-state index in [1.54, 1.807) is 12.1 Å². The maximum Gasteiger partial charge on any atom is 0.408 e.